The summed E-state index contributed by atoms with van der Waals surface area (Å²) in [6, 6.07) is 0. The Kier molecular flexibility index (Phi) is 10.1. The van der Waals surface area contributed by atoms with Gasteiger partial charge in [-0.3, -0.25) is 9.89 Å². The largest absolute Gasteiger partial charge is 0.299 e. The fourth-order valence-electron chi connectivity index (χ4n) is 3.14. The number of hydrogen-bond donors (Lipinski definition) is 0. The van der Waals surface area contributed by atoms with Crippen LogP contribution < -0.4 is 0 Å². The van der Waals surface area contributed by atoms with Gasteiger partial charge in [-0.25, -0.2) is 0 Å². The first-order chi connectivity index (χ1) is 11.3. The molecule has 0 aliphatic rings. The van der Waals surface area contributed by atoms with Gasteiger partial charge >= 0.3 is 0 Å². The van der Waals surface area contributed by atoms with E-state index in [-0.39, 0.29) is 5.41 Å². The lowest BCUT2D eigenvalue weighted by molar-refractivity contribution is 0.351. The zero-order chi connectivity index (χ0) is 18.8. The highest BCUT2D eigenvalue weighted by Crippen LogP contribution is 2.34. The summed E-state index contributed by atoms with van der Waals surface area (Å²) in [5.41, 5.74) is 5.74. The third kappa shape index (κ3) is 6.76. The molecule has 0 aliphatic heterocycles. The second-order valence-electron chi connectivity index (χ2n) is 6.92. The predicted molar refractivity (Wildman–Crippen MR) is 109 cm³/mol. The Bertz CT molecular complexity index is 551. The van der Waals surface area contributed by atoms with Gasteiger partial charge < -0.3 is 0 Å². The van der Waals surface area contributed by atoms with Crippen LogP contribution in [0.1, 0.15) is 61.3 Å². The molecule has 0 amide bonds. The number of rotatable bonds is 8. The summed E-state index contributed by atoms with van der Waals surface area (Å²) >= 11 is 0. The van der Waals surface area contributed by atoms with E-state index in [0.717, 1.165) is 24.4 Å². The highest BCUT2D eigenvalue weighted by Gasteiger charge is 2.22. The topological polar surface area (TPSA) is 15.6 Å². The molecule has 0 radical (unpaired) electrons. The van der Waals surface area contributed by atoms with Crippen LogP contribution in [0.5, 0.6) is 0 Å². The number of amidine groups is 1. The molecule has 0 spiro atoms. The van der Waals surface area contributed by atoms with E-state index >= 15 is 0 Å². The van der Waals surface area contributed by atoms with Crippen LogP contribution in [0, 0.1) is 11.3 Å². The summed E-state index contributed by atoms with van der Waals surface area (Å²) < 4.78 is 0. The Morgan fingerprint density at radius 3 is 2.25 bits per heavy atom. The molecule has 0 bridgehead atoms. The van der Waals surface area contributed by atoms with Crippen molar-refractivity contribution in [1.29, 1.82) is 0 Å². The summed E-state index contributed by atoms with van der Waals surface area (Å²) in [5.74, 6) is 1.64. The van der Waals surface area contributed by atoms with Crippen LogP contribution in [0.25, 0.3) is 0 Å². The van der Waals surface area contributed by atoms with Crippen LogP contribution in [0.3, 0.4) is 0 Å². The Hall–Kier alpha value is -1.79. The van der Waals surface area contributed by atoms with Crippen LogP contribution in [0.2, 0.25) is 0 Å². The Morgan fingerprint density at radius 1 is 1.25 bits per heavy atom. The van der Waals surface area contributed by atoms with Crippen molar-refractivity contribution in [2.45, 2.75) is 61.3 Å². The first-order valence-electron chi connectivity index (χ1n) is 8.90. The third-order valence-corrected chi connectivity index (χ3v) is 4.02. The van der Waals surface area contributed by atoms with Crippen LogP contribution in [0.4, 0.5) is 0 Å². The highest BCUT2D eigenvalue weighted by molar-refractivity contribution is 5.85. The lowest BCUT2D eigenvalue weighted by atomic mass is 9.77. The smallest absolute Gasteiger partial charge is 0.107 e. The first-order valence-corrected chi connectivity index (χ1v) is 8.90. The molecule has 0 saturated carbocycles. The Morgan fingerprint density at radius 2 is 1.88 bits per heavy atom. The molecule has 0 N–H and O–H groups in total. The molecule has 0 aromatic heterocycles. The molecule has 2 heteroatoms. The van der Waals surface area contributed by atoms with Crippen LogP contribution in [-0.2, 0) is 0 Å². The van der Waals surface area contributed by atoms with E-state index in [2.05, 4.69) is 77.1 Å². The van der Waals surface area contributed by atoms with E-state index in [0.29, 0.717) is 5.92 Å². The third-order valence-electron chi connectivity index (χ3n) is 4.02. The average Bonchev–Trinajstić information content (AvgIpc) is 2.50. The van der Waals surface area contributed by atoms with Gasteiger partial charge in [0.1, 0.15) is 5.84 Å². The van der Waals surface area contributed by atoms with Gasteiger partial charge in [-0.15, -0.1) is 0 Å². The fraction of sp³-hybridized carbons (Fsp3) is 0.545. The molecule has 2 nitrogen and oxygen atoms in total. The molecule has 0 aliphatic carbocycles. The van der Waals surface area contributed by atoms with E-state index in [1.54, 1.807) is 6.20 Å². The number of nitrogens with zero attached hydrogens (tertiary/aromatic N) is 2. The van der Waals surface area contributed by atoms with Gasteiger partial charge in [0, 0.05) is 19.7 Å². The number of hydrogen-bond acceptors (Lipinski definition) is 1. The molecule has 134 valence electrons. The van der Waals surface area contributed by atoms with Gasteiger partial charge in [0.05, 0.1) is 5.70 Å². The fourth-order valence-corrected chi connectivity index (χ4v) is 3.14. The molecular weight excluding hydrogens is 292 g/mol. The Balaban J connectivity index is 5.72. The quantitative estimate of drug-likeness (QED) is 0.215. The van der Waals surface area contributed by atoms with Gasteiger partial charge in [-0.2, -0.15) is 0 Å². The van der Waals surface area contributed by atoms with Crippen molar-refractivity contribution in [3.8, 4) is 0 Å². The van der Waals surface area contributed by atoms with Crippen molar-refractivity contribution in [1.82, 2.24) is 4.90 Å². The lowest BCUT2D eigenvalue weighted by Crippen LogP contribution is -2.23. The average molecular weight is 329 g/mol. The number of allylic oxidation sites excluding steroid dienone is 4. The maximum atomic E-state index is 4.36. The van der Waals surface area contributed by atoms with Crippen LogP contribution in [-0.4, -0.2) is 17.8 Å². The van der Waals surface area contributed by atoms with Gasteiger partial charge in [-0.05, 0) is 49.3 Å². The summed E-state index contributed by atoms with van der Waals surface area (Å²) in [6.45, 7) is 19.3. The minimum Gasteiger partial charge on any atom is -0.299 e. The van der Waals surface area contributed by atoms with E-state index in [4.69, 9.17) is 0 Å². The molecule has 0 unspecified atom stereocenters. The van der Waals surface area contributed by atoms with Gasteiger partial charge in [0.2, 0.25) is 0 Å². The zero-order valence-corrected chi connectivity index (χ0v) is 17.0. The minimum absolute atomic E-state index is 0.145. The predicted octanol–water partition coefficient (Wildman–Crippen LogP) is 6.50. The van der Waals surface area contributed by atoms with Crippen LogP contribution in [0.15, 0.2) is 59.1 Å². The zero-order valence-electron chi connectivity index (χ0n) is 17.0. The van der Waals surface area contributed by atoms with E-state index in [1.807, 2.05) is 24.9 Å². The van der Waals surface area contributed by atoms with Crippen molar-refractivity contribution in [2.24, 2.45) is 16.3 Å². The molecule has 0 heterocycles. The molecule has 0 aromatic rings. The van der Waals surface area contributed by atoms with E-state index in [1.165, 1.54) is 5.57 Å². The maximum absolute atomic E-state index is 4.36. The van der Waals surface area contributed by atoms with Crippen molar-refractivity contribution < 1.29 is 0 Å². The standard InChI is InChI=1S/C22H36N2/c1-10-14-20(24(13-4)21(12-3)23-9)16-15-19(11-2)22(7,8)17-18(5)6/h10-11,13,15-16,18H,4,12,17H2,1-3,5-9H3/b16-15-,19-11+,23-21+. The normalized spacial score (nSPS) is 13.2. The maximum Gasteiger partial charge on any atom is 0.107 e. The van der Waals surface area contributed by atoms with Gasteiger partial charge in [0.25, 0.3) is 0 Å². The summed E-state index contributed by atoms with van der Waals surface area (Å²) in [6.07, 6.45) is 12.2. The van der Waals surface area contributed by atoms with Crippen molar-refractivity contribution in [3.63, 3.8) is 0 Å². The van der Waals surface area contributed by atoms with Gasteiger partial charge in [-0.1, -0.05) is 59.1 Å². The first kappa shape index (κ1) is 22.2. The van der Waals surface area contributed by atoms with Crippen molar-refractivity contribution in [2.75, 3.05) is 7.05 Å². The monoisotopic (exact) mass is 328 g/mol. The van der Waals surface area contributed by atoms with E-state index < -0.39 is 0 Å². The molecule has 0 aromatic carbocycles. The molecule has 0 saturated heterocycles. The second-order valence-corrected chi connectivity index (χ2v) is 6.92. The van der Waals surface area contributed by atoms with Crippen LogP contribution >= 0.6 is 0 Å². The Labute approximate surface area is 150 Å². The highest BCUT2D eigenvalue weighted by atomic mass is 15.2. The van der Waals surface area contributed by atoms with Crippen molar-refractivity contribution in [3.05, 3.63) is 54.1 Å². The molecule has 0 fully saturated rings. The molecule has 0 rings (SSSR count). The number of aliphatic imine (C=N–C) groups is 1. The minimum atomic E-state index is 0.145. The summed E-state index contributed by atoms with van der Waals surface area (Å²) in [4.78, 5) is 6.36. The van der Waals surface area contributed by atoms with Gasteiger partial charge in [0.15, 0.2) is 0 Å². The van der Waals surface area contributed by atoms with Crippen molar-refractivity contribution >= 4 is 5.84 Å². The molecule has 0 atom stereocenters. The summed E-state index contributed by atoms with van der Waals surface area (Å²) in [5, 5.41) is 0. The molecular formula is C22H36N2. The lowest BCUT2D eigenvalue weighted by Gasteiger charge is -2.29. The van der Waals surface area contributed by atoms with E-state index in [9.17, 15) is 0 Å². The molecule has 24 heavy (non-hydrogen) atoms. The summed E-state index contributed by atoms with van der Waals surface area (Å²) in [7, 11) is 1.81. The SMILES string of the molecule is C=CN(C(=C=CC)/C=C\C(=C/C)C(C)(C)CC(C)C)/C(CC)=N/C. The second kappa shape index (κ2) is 10.9.